The summed E-state index contributed by atoms with van der Waals surface area (Å²) in [7, 11) is 1.73. The largest absolute Gasteiger partial charge is 0.457 e. The number of carbonyl (C=O) groups excluding carboxylic acids is 2. The monoisotopic (exact) mass is 388 g/mol. The fourth-order valence-electron chi connectivity index (χ4n) is 2.82. The van der Waals surface area contributed by atoms with Gasteiger partial charge in [-0.3, -0.25) is 9.59 Å². The molecular weight excluding hydrogens is 364 g/mol. The summed E-state index contributed by atoms with van der Waals surface area (Å²) in [5.74, 6) is 0.924. The van der Waals surface area contributed by atoms with Gasteiger partial charge >= 0.3 is 0 Å². The molecule has 0 atom stereocenters. The van der Waals surface area contributed by atoms with E-state index >= 15 is 0 Å². The van der Waals surface area contributed by atoms with Crippen molar-refractivity contribution in [2.75, 3.05) is 13.6 Å². The van der Waals surface area contributed by atoms with Crippen LogP contribution in [0.3, 0.4) is 0 Å². The molecule has 3 aromatic rings. The van der Waals surface area contributed by atoms with Crippen LogP contribution in [0, 0.1) is 6.92 Å². The van der Waals surface area contributed by atoms with Crippen molar-refractivity contribution in [1.29, 1.82) is 0 Å². The number of rotatable bonds is 7. The molecule has 0 saturated heterocycles. The van der Waals surface area contributed by atoms with Crippen LogP contribution in [-0.2, 0) is 11.3 Å². The molecule has 0 radical (unpaired) electrons. The smallest absolute Gasteiger partial charge is 0.251 e. The number of likely N-dealkylation sites (N-methyl/N-ethyl adjacent to an activating group) is 1. The number of nitrogens with one attached hydrogen (secondary N) is 1. The van der Waals surface area contributed by atoms with E-state index in [4.69, 9.17) is 4.74 Å². The van der Waals surface area contributed by atoms with E-state index in [9.17, 15) is 9.59 Å². The van der Waals surface area contributed by atoms with Crippen LogP contribution in [0.4, 0.5) is 0 Å². The van der Waals surface area contributed by atoms with Crippen LogP contribution < -0.4 is 10.1 Å². The summed E-state index contributed by atoms with van der Waals surface area (Å²) in [6.45, 7) is 2.47. The van der Waals surface area contributed by atoms with Crippen molar-refractivity contribution in [3.8, 4) is 11.5 Å². The van der Waals surface area contributed by atoms with Crippen molar-refractivity contribution in [2.45, 2.75) is 13.5 Å². The number of hydrogen-bond donors (Lipinski definition) is 1. The van der Waals surface area contributed by atoms with Gasteiger partial charge in [0.05, 0.1) is 6.54 Å². The molecule has 5 nitrogen and oxygen atoms in total. The first-order valence-electron chi connectivity index (χ1n) is 9.42. The van der Waals surface area contributed by atoms with E-state index in [1.807, 2.05) is 61.5 Å². The van der Waals surface area contributed by atoms with Crippen LogP contribution in [0.5, 0.6) is 11.5 Å². The van der Waals surface area contributed by atoms with Gasteiger partial charge in [0.15, 0.2) is 0 Å². The Morgan fingerprint density at radius 1 is 0.862 bits per heavy atom. The Kier molecular flexibility index (Phi) is 6.63. The van der Waals surface area contributed by atoms with Gasteiger partial charge in [-0.15, -0.1) is 0 Å². The number of para-hydroxylation sites is 1. The Bertz CT molecular complexity index is 969. The number of amides is 2. The zero-order valence-electron chi connectivity index (χ0n) is 16.6. The molecule has 0 fully saturated rings. The summed E-state index contributed by atoms with van der Waals surface area (Å²) in [4.78, 5) is 26.3. The lowest BCUT2D eigenvalue weighted by Gasteiger charge is -2.19. The second-order valence-electron chi connectivity index (χ2n) is 6.80. The molecule has 0 bridgehead atoms. The standard InChI is InChI=1S/C24H24N2O3/c1-18-8-6-7-9-20(18)17-26(2)23(27)16-25-24(28)19-12-14-22(15-13-19)29-21-10-4-3-5-11-21/h3-15H,16-17H2,1-2H3,(H,25,28). The summed E-state index contributed by atoms with van der Waals surface area (Å²) in [5, 5.41) is 2.68. The number of hydrogen-bond acceptors (Lipinski definition) is 3. The highest BCUT2D eigenvalue weighted by atomic mass is 16.5. The first-order chi connectivity index (χ1) is 14.0. The van der Waals surface area contributed by atoms with Crippen LogP contribution in [0.1, 0.15) is 21.5 Å². The molecule has 3 rings (SSSR count). The molecular formula is C24H24N2O3. The molecule has 148 valence electrons. The lowest BCUT2D eigenvalue weighted by Crippen LogP contribution is -2.37. The maximum Gasteiger partial charge on any atom is 0.251 e. The maximum absolute atomic E-state index is 12.3. The van der Waals surface area contributed by atoms with E-state index in [2.05, 4.69) is 5.32 Å². The third-order valence-electron chi connectivity index (χ3n) is 4.59. The molecule has 0 aromatic heterocycles. The predicted octanol–water partition coefficient (Wildman–Crippen LogP) is 4.18. The van der Waals surface area contributed by atoms with E-state index in [0.717, 1.165) is 16.9 Å². The van der Waals surface area contributed by atoms with Gasteiger partial charge in [-0.05, 0) is 54.4 Å². The quantitative estimate of drug-likeness (QED) is 0.661. The summed E-state index contributed by atoms with van der Waals surface area (Å²) in [6, 6.07) is 24.2. The first kappa shape index (κ1) is 20.1. The molecule has 3 aromatic carbocycles. The van der Waals surface area contributed by atoms with Gasteiger partial charge in [-0.1, -0.05) is 42.5 Å². The summed E-state index contributed by atoms with van der Waals surface area (Å²) < 4.78 is 5.72. The molecule has 5 heteroatoms. The van der Waals surface area contributed by atoms with Gasteiger partial charge in [0.1, 0.15) is 11.5 Å². The SMILES string of the molecule is Cc1ccccc1CN(C)C(=O)CNC(=O)c1ccc(Oc2ccccc2)cc1. The Morgan fingerprint density at radius 3 is 2.17 bits per heavy atom. The molecule has 0 aliphatic heterocycles. The van der Waals surface area contributed by atoms with Gasteiger partial charge < -0.3 is 15.0 Å². The fraction of sp³-hybridized carbons (Fsp3) is 0.167. The fourth-order valence-corrected chi connectivity index (χ4v) is 2.82. The van der Waals surface area contributed by atoms with E-state index in [-0.39, 0.29) is 18.4 Å². The molecule has 0 heterocycles. The third kappa shape index (κ3) is 5.69. The summed E-state index contributed by atoms with van der Waals surface area (Å²) in [6.07, 6.45) is 0. The first-order valence-corrected chi connectivity index (χ1v) is 9.42. The third-order valence-corrected chi connectivity index (χ3v) is 4.59. The topological polar surface area (TPSA) is 58.6 Å². The van der Waals surface area contributed by atoms with Crippen LogP contribution in [0.25, 0.3) is 0 Å². The van der Waals surface area contributed by atoms with Crippen molar-refractivity contribution in [2.24, 2.45) is 0 Å². The normalized spacial score (nSPS) is 10.3. The highest BCUT2D eigenvalue weighted by Gasteiger charge is 2.13. The second-order valence-corrected chi connectivity index (χ2v) is 6.80. The molecule has 0 unspecified atom stereocenters. The zero-order chi connectivity index (χ0) is 20.6. The number of carbonyl (C=O) groups is 2. The Balaban J connectivity index is 1.50. The van der Waals surface area contributed by atoms with Crippen LogP contribution in [-0.4, -0.2) is 30.3 Å². The lowest BCUT2D eigenvalue weighted by molar-refractivity contribution is -0.129. The molecule has 29 heavy (non-hydrogen) atoms. The van der Waals surface area contributed by atoms with E-state index in [1.165, 1.54) is 0 Å². The van der Waals surface area contributed by atoms with E-state index in [1.54, 1.807) is 36.2 Å². The summed E-state index contributed by atoms with van der Waals surface area (Å²) >= 11 is 0. The average molecular weight is 388 g/mol. The van der Waals surface area contributed by atoms with E-state index in [0.29, 0.717) is 17.9 Å². The van der Waals surface area contributed by atoms with Gasteiger partial charge in [0.2, 0.25) is 5.91 Å². The Labute approximate surface area is 170 Å². The van der Waals surface area contributed by atoms with Crippen molar-refractivity contribution < 1.29 is 14.3 Å². The number of nitrogens with zero attached hydrogens (tertiary/aromatic N) is 1. The van der Waals surface area contributed by atoms with Crippen LogP contribution in [0.15, 0.2) is 78.9 Å². The lowest BCUT2D eigenvalue weighted by atomic mass is 10.1. The Morgan fingerprint density at radius 2 is 1.48 bits per heavy atom. The number of ether oxygens (including phenoxy) is 1. The molecule has 0 aliphatic carbocycles. The van der Waals surface area contributed by atoms with Crippen molar-refractivity contribution in [1.82, 2.24) is 10.2 Å². The molecule has 2 amide bonds. The van der Waals surface area contributed by atoms with E-state index < -0.39 is 0 Å². The minimum Gasteiger partial charge on any atom is -0.457 e. The predicted molar refractivity (Wildman–Crippen MR) is 113 cm³/mol. The van der Waals surface area contributed by atoms with Gasteiger partial charge in [0, 0.05) is 19.2 Å². The average Bonchev–Trinajstić information content (AvgIpc) is 2.74. The van der Waals surface area contributed by atoms with Crippen LogP contribution >= 0.6 is 0 Å². The van der Waals surface area contributed by atoms with Gasteiger partial charge in [-0.2, -0.15) is 0 Å². The van der Waals surface area contributed by atoms with Gasteiger partial charge in [0.25, 0.3) is 5.91 Å². The molecule has 1 N–H and O–H groups in total. The number of benzene rings is 3. The molecule has 0 saturated carbocycles. The summed E-state index contributed by atoms with van der Waals surface area (Å²) in [5.41, 5.74) is 2.69. The maximum atomic E-state index is 12.3. The second kappa shape index (κ2) is 9.55. The highest BCUT2D eigenvalue weighted by Crippen LogP contribution is 2.21. The van der Waals surface area contributed by atoms with Crippen LogP contribution in [0.2, 0.25) is 0 Å². The number of aryl methyl sites for hydroxylation is 1. The highest BCUT2D eigenvalue weighted by molar-refractivity contribution is 5.96. The minimum absolute atomic E-state index is 0.0521. The van der Waals surface area contributed by atoms with Crippen molar-refractivity contribution in [3.05, 3.63) is 95.6 Å². The minimum atomic E-state index is -0.297. The molecule has 0 aliphatic rings. The van der Waals surface area contributed by atoms with Gasteiger partial charge in [-0.25, -0.2) is 0 Å². The molecule has 0 spiro atoms. The van der Waals surface area contributed by atoms with Crippen molar-refractivity contribution in [3.63, 3.8) is 0 Å². The Hall–Kier alpha value is -3.60. The van der Waals surface area contributed by atoms with Crippen molar-refractivity contribution >= 4 is 11.8 Å². The zero-order valence-corrected chi connectivity index (χ0v) is 16.6.